The van der Waals surface area contributed by atoms with Gasteiger partial charge in [0.15, 0.2) is 0 Å². The summed E-state index contributed by atoms with van der Waals surface area (Å²) in [5.41, 5.74) is 0.0946. The molecule has 0 spiro atoms. The Kier molecular flexibility index (Phi) is 3.28. The van der Waals surface area contributed by atoms with Crippen LogP contribution >= 0.6 is 0 Å². The molecule has 0 bridgehead atoms. The molecule has 1 aliphatic carbocycles. The molecular formula is C12H16N2O3. The lowest BCUT2D eigenvalue weighted by atomic mass is 9.88. The zero-order valence-electron chi connectivity index (χ0n) is 10.00. The van der Waals surface area contributed by atoms with Gasteiger partial charge >= 0.3 is 0 Å². The number of nitro benzene ring substituents is 1. The molecule has 0 atom stereocenters. The topological polar surface area (TPSA) is 55.6 Å². The van der Waals surface area contributed by atoms with Crippen molar-refractivity contribution < 1.29 is 9.66 Å². The second-order valence-electron chi connectivity index (χ2n) is 4.58. The molecule has 0 saturated heterocycles. The van der Waals surface area contributed by atoms with Crippen LogP contribution in [0, 0.1) is 10.1 Å². The van der Waals surface area contributed by atoms with Crippen molar-refractivity contribution in [3.63, 3.8) is 0 Å². The highest BCUT2D eigenvalue weighted by Crippen LogP contribution is 2.29. The van der Waals surface area contributed by atoms with Crippen molar-refractivity contribution in [3.05, 3.63) is 34.4 Å². The van der Waals surface area contributed by atoms with Gasteiger partial charge in [-0.25, -0.2) is 0 Å². The standard InChI is InChI=1S/C12H16N2O3/c1-13(2)10-7-12(8-10)17-11-5-3-9(4-6-11)14(15)16/h3-6,10,12H,7-8H2,1-2H3. The molecule has 1 aromatic rings. The van der Waals surface area contributed by atoms with E-state index in [0.29, 0.717) is 11.8 Å². The molecule has 0 aliphatic heterocycles. The van der Waals surface area contributed by atoms with Crippen molar-refractivity contribution in [2.75, 3.05) is 14.1 Å². The van der Waals surface area contributed by atoms with Gasteiger partial charge in [-0.3, -0.25) is 10.1 Å². The van der Waals surface area contributed by atoms with Gasteiger partial charge in [-0.1, -0.05) is 0 Å². The normalized spacial score (nSPS) is 23.2. The van der Waals surface area contributed by atoms with Gasteiger partial charge in [0, 0.05) is 18.2 Å². The zero-order chi connectivity index (χ0) is 12.4. The number of hydrogen-bond acceptors (Lipinski definition) is 4. The molecule has 17 heavy (non-hydrogen) atoms. The Morgan fingerprint density at radius 1 is 1.29 bits per heavy atom. The first-order valence-electron chi connectivity index (χ1n) is 5.64. The molecular weight excluding hydrogens is 220 g/mol. The molecule has 1 saturated carbocycles. The van der Waals surface area contributed by atoms with Gasteiger partial charge in [0.05, 0.1) is 4.92 Å². The van der Waals surface area contributed by atoms with E-state index in [4.69, 9.17) is 4.74 Å². The molecule has 2 rings (SSSR count). The van der Waals surface area contributed by atoms with E-state index in [2.05, 4.69) is 19.0 Å². The van der Waals surface area contributed by atoms with Crippen molar-refractivity contribution in [1.82, 2.24) is 4.90 Å². The van der Waals surface area contributed by atoms with Gasteiger partial charge in [-0.2, -0.15) is 0 Å². The highest BCUT2D eigenvalue weighted by Gasteiger charge is 2.32. The summed E-state index contributed by atoms with van der Waals surface area (Å²) in [6.45, 7) is 0. The summed E-state index contributed by atoms with van der Waals surface area (Å²) in [7, 11) is 4.12. The third-order valence-electron chi connectivity index (χ3n) is 3.15. The molecule has 0 radical (unpaired) electrons. The summed E-state index contributed by atoms with van der Waals surface area (Å²) >= 11 is 0. The number of nitrogens with zero attached hydrogens (tertiary/aromatic N) is 2. The smallest absolute Gasteiger partial charge is 0.269 e. The van der Waals surface area contributed by atoms with E-state index in [1.54, 1.807) is 12.1 Å². The molecule has 0 aromatic heterocycles. The van der Waals surface area contributed by atoms with Gasteiger partial charge in [-0.05, 0) is 39.1 Å². The zero-order valence-corrected chi connectivity index (χ0v) is 10.00. The Labute approximate surface area is 100 Å². The summed E-state index contributed by atoms with van der Waals surface area (Å²) in [6, 6.07) is 6.84. The van der Waals surface area contributed by atoms with Crippen LogP contribution in [-0.4, -0.2) is 36.1 Å². The molecule has 0 heterocycles. The maximum atomic E-state index is 10.5. The van der Waals surface area contributed by atoms with Crippen molar-refractivity contribution in [2.45, 2.75) is 25.0 Å². The van der Waals surface area contributed by atoms with Crippen molar-refractivity contribution in [3.8, 4) is 5.75 Å². The van der Waals surface area contributed by atoms with Crippen LogP contribution in [0.5, 0.6) is 5.75 Å². The number of hydrogen-bond donors (Lipinski definition) is 0. The molecule has 0 unspecified atom stereocenters. The first-order chi connectivity index (χ1) is 8.06. The minimum atomic E-state index is -0.408. The predicted octanol–water partition coefficient (Wildman–Crippen LogP) is 2.07. The van der Waals surface area contributed by atoms with Crippen molar-refractivity contribution in [1.29, 1.82) is 0 Å². The van der Waals surface area contributed by atoms with Crippen LogP contribution in [0.4, 0.5) is 5.69 Å². The van der Waals surface area contributed by atoms with E-state index in [0.717, 1.165) is 12.8 Å². The summed E-state index contributed by atoms with van der Waals surface area (Å²) in [6.07, 6.45) is 2.28. The Morgan fingerprint density at radius 3 is 2.35 bits per heavy atom. The number of rotatable bonds is 4. The molecule has 5 heteroatoms. The van der Waals surface area contributed by atoms with Gasteiger partial charge in [0.2, 0.25) is 0 Å². The maximum Gasteiger partial charge on any atom is 0.269 e. The Balaban J connectivity index is 1.86. The van der Waals surface area contributed by atoms with Gasteiger partial charge in [0.1, 0.15) is 11.9 Å². The number of ether oxygens (including phenoxy) is 1. The minimum Gasteiger partial charge on any atom is -0.490 e. The minimum absolute atomic E-state index is 0.0946. The lowest BCUT2D eigenvalue weighted by molar-refractivity contribution is -0.384. The lowest BCUT2D eigenvalue weighted by Gasteiger charge is -2.39. The van der Waals surface area contributed by atoms with Gasteiger partial charge < -0.3 is 9.64 Å². The molecule has 92 valence electrons. The monoisotopic (exact) mass is 236 g/mol. The Morgan fingerprint density at radius 2 is 1.88 bits per heavy atom. The molecule has 1 aliphatic rings. The second-order valence-corrected chi connectivity index (χ2v) is 4.58. The summed E-state index contributed by atoms with van der Waals surface area (Å²) < 4.78 is 5.72. The molecule has 0 amide bonds. The number of non-ortho nitro benzene ring substituents is 1. The van der Waals surface area contributed by atoms with E-state index >= 15 is 0 Å². The number of benzene rings is 1. The van der Waals surface area contributed by atoms with Crippen LogP contribution in [0.2, 0.25) is 0 Å². The van der Waals surface area contributed by atoms with E-state index in [-0.39, 0.29) is 11.8 Å². The van der Waals surface area contributed by atoms with Crippen LogP contribution < -0.4 is 4.74 Å². The van der Waals surface area contributed by atoms with Crippen molar-refractivity contribution in [2.24, 2.45) is 0 Å². The van der Waals surface area contributed by atoms with Crippen LogP contribution in [0.1, 0.15) is 12.8 Å². The van der Waals surface area contributed by atoms with E-state index < -0.39 is 4.92 Å². The largest absolute Gasteiger partial charge is 0.490 e. The molecule has 1 aromatic carbocycles. The van der Waals surface area contributed by atoms with Crippen LogP contribution in [0.3, 0.4) is 0 Å². The van der Waals surface area contributed by atoms with Crippen LogP contribution in [-0.2, 0) is 0 Å². The van der Waals surface area contributed by atoms with E-state index in [9.17, 15) is 10.1 Å². The van der Waals surface area contributed by atoms with Gasteiger partial charge in [-0.15, -0.1) is 0 Å². The summed E-state index contributed by atoms with van der Waals surface area (Å²) in [5, 5.41) is 10.5. The SMILES string of the molecule is CN(C)C1CC(Oc2ccc([N+](=O)[O-])cc2)C1. The molecule has 5 nitrogen and oxygen atoms in total. The average molecular weight is 236 g/mol. The maximum absolute atomic E-state index is 10.5. The molecule has 1 fully saturated rings. The van der Waals surface area contributed by atoms with Gasteiger partial charge in [0.25, 0.3) is 5.69 Å². The van der Waals surface area contributed by atoms with Crippen LogP contribution in [0.15, 0.2) is 24.3 Å². The first kappa shape index (κ1) is 11.9. The third-order valence-corrected chi connectivity index (χ3v) is 3.15. The van der Waals surface area contributed by atoms with E-state index in [1.165, 1.54) is 12.1 Å². The number of nitro groups is 1. The fourth-order valence-electron chi connectivity index (χ4n) is 1.89. The highest BCUT2D eigenvalue weighted by atomic mass is 16.6. The molecule has 0 N–H and O–H groups in total. The predicted molar refractivity (Wildman–Crippen MR) is 64.2 cm³/mol. The summed E-state index contributed by atoms with van der Waals surface area (Å²) in [4.78, 5) is 12.3. The average Bonchev–Trinajstić information content (AvgIpc) is 2.23. The highest BCUT2D eigenvalue weighted by molar-refractivity contribution is 5.36. The second kappa shape index (κ2) is 4.71. The van der Waals surface area contributed by atoms with E-state index in [1.807, 2.05) is 0 Å². The Bertz CT molecular complexity index is 397. The summed E-state index contributed by atoms with van der Waals surface area (Å²) in [5.74, 6) is 0.706. The third kappa shape index (κ3) is 2.74. The van der Waals surface area contributed by atoms with Crippen LogP contribution in [0.25, 0.3) is 0 Å². The lowest BCUT2D eigenvalue weighted by Crippen LogP contribution is -2.46. The first-order valence-corrected chi connectivity index (χ1v) is 5.64. The fourth-order valence-corrected chi connectivity index (χ4v) is 1.89. The van der Waals surface area contributed by atoms with Crippen molar-refractivity contribution >= 4 is 5.69 Å². The quantitative estimate of drug-likeness (QED) is 0.593. The fraction of sp³-hybridized carbons (Fsp3) is 0.500. The Hall–Kier alpha value is -1.62.